The van der Waals surface area contributed by atoms with E-state index in [1.54, 1.807) is 0 Å². The van der Waals surface area contributed by atoms with E-state index in [2.05, 4.69) is 48.9 Å². The Morgan fingerprint density at radius 3 is 2.76 bits per heavy atom. The molecule has 0 spiro atoms. The molecule has 0 aliphatic heterocycles. The van der Waals surface area contributed by atoms with Crippen LogP contribution in [-0.4, -0.2) is 29.2 Å². The maximum Gasteiger partial charge on any atom is 0.268 e. The van der Waals surface area contributed by atoms with Crippen molar-refractivity contribution in [3.8, 4) is 0 Å². The first kappa shape index (κ1) is 16.6. The van der Waals surface area contributed by atoms with Crippen LogP contribution >= 0.6 is 15.9 Å². The third kappa shape index (κ3) is 3.19. The Hall–Kier alpha value is -0.810. The van der Waals surface area contributed by atoms with E-state index < -0.39 is 0 Å². The van der Waals surface area contributed by atoms with Crippen molar-refractivity contribution in [1.82, 2.24) is 9.88 Å². The van der Waals surface area contributed by atoms with E-state index in [1.165, 1.54) is 0 Å². The van der Waals surface area contributed by atoms with Gasteiger partial charge in [-0.05, 0) is 49.2 Å². The van der Waals surface area contributed by atoms with E-state index in [0.29, 0.717) is 5.69 Å². The number of hydrogen-bond acceptors (Lipinski definition) is 2. The smallest absolute Gasteiger partial charge is 0.268 e. The lowest BCUT2D eigenvalue weighted by atomic mass is 9.64. The van der Waals surface area contributed by atoms with Crippen molar-refractivity contribution in [2.24, 2.45) is 5.41 Å². The fraction of sp³-hybridized carbons (Fsp3) is 0.688. The fourth-order valence-corrected chi connectivity index (χ4v) is 3.34. The first-order valence-corrected chi connectivity index (χ1v) is 8.36. The van der Waals surface area contributed by atoms with E-state index in [-0.39, 0.29) is 29.5 Å². The van der Waals surface area contributed by atoms with Crippen molar-refractivity contribution >= 4 is 21.8 Å². The van der Waals surface area contributed by atoms with Gasteiger partial charge in [0.1, 0.15) is 5.69 Å². The van der Waals surface area contributed by atoms with Crippen LogP contribution in [0.2, 0.25) is 0 Å². The van der Waals surface area contributed by atoms with Gasteiger partial charge in [0.25, 0.3) is 5.91 Å². The van der Waals surface area contributed by atoms with Gasteiger partial charge in [-0.1, -0.05) is 13.8 Å². The lowest BCUT2D eigenvalue weighted by Gasteiger charge is -2.51. The van der Waals surface area contributed by atoms with E-state index in [9.17, 15) is 4.79 Å². The second kappa shape index (κ2) is 6.13. The topological polar surface area (TPSA) is 43.3 Å². The number of rotatable bonds is 5. The number of ether oxygens (including phenoxy) is 1. The molecule has 21 heavy (non-hydrogen) atoms. The predicted molar refractivity (Wildman–Crippen MR) is 87.6 cm³/mol. The number of halogens is 1. The molecule has 0 saturated heterocycles. The largest absolute Gasteiger partial charge is 0.378 e. The van der Waals surface area contributed by atoms with Crippen LogP contribution in [-0.2, 0) is 4.74 Å². The number of nitrogens with one attached hydrogen (secondary N) is 1. The fourth-order valence-electron chi connectivity index (χ4n) is 2.90. The Labute approximate surface area is 135 Å². The number of amides is 1. The number of nitrogens with zero attached hydrogens (tertiary/aromatic N) is 1. The summed E-state index contributed by atoms with van der Waals surface area (Å²) in [6.07, 6.45) is 3.07. The van der Waals surface area contributed by atoms with Gasteiger partial charge in [-0.15, -0.1) is 0 Å². The zero-order valence-electron chi connectivity index (χ0n) is 13.4. The van der Waals surface area contributed by atoms with Crippen LogP contribution in [0.5, 0.6) is 0 Å². The van der Waals surface area contributed by atoms with Crippen molar-refractivity contribution < 1.29 is 9.53 Å². The Bertz CT molecular complexity index is 522. The Morgan fingerprint density at radius 2 is 2.24 bits per heavy atom. The SMILES string of the molecule is CCOC1CC(NC(=O)c2cc(Br)cn2C(C)C)C1(C)C. The van der Waals surface area contributed by atoms with Gasteiger partial charge >= 0.3 is 0 Å². The normalized spacial score (nSPS) is 24.0. The lowest BCUT2D eigenvalue weighted by molar-refractivity contribution is -0.111. The van der Waals surface area contributed by atoms with E-state index in [4.69, 9.17) is 4.74 Å². The molecule has 1 aromatic heterocycles. The quantitative estimate of drug-likeness (QED) is 0.872. The van der Waals surface area contributed by atoms with Crippen LogP contribution in [0.3, 0.4) is 0 Å². The highest BCUT2D eigenvalue weighted by molar-refractivity contribution is 9.10. The number of carbonyl (C=O) groups is 1. The molecule has 1 aromatic rings. The molecule has 1 aliphatic carbocycles. The van der Waals surface area contributed by atoms with Gasteiger partial charge in [0.05, 0.1) is 6.10 Å². The zero-order valence-corrected chi connectivity index (χ0v) is 15.0. The zero-order chi connectivity index (χ0) is 15.8. The van der Waals surface area contributed by atoms with Crippen molar-refractivity contribution in [1.29, 1.82) is 0 Å². The van der Waals surface area contributed by atoms with Gasteiger partial charge in [-0.25, -0.2) is 0 Å². The summed E-state index contributed by atoms with van der Waals surface area (Å²) in [5, 5.41) is 3.16. The van der Waals surface area contributed by atoms with Crippen LogP contribution < -0.4 is 5.32 Å². The molecule has 0 bridgehead atoms. The van der Waals surface area contributed by atoms with Crippen molar-refractivity contribution in [3.63, 3.8) is 0 Å². The molecular weight excluding hydrogens is 332 g/mol. The average Bonchev–Trinajstić information content (AvgIpc) is 2.80. The second-order valence-electron chi connectivity index (χ2n) is 6.57. The van der Waals surface area contributed by atoms with Crippen molar-refractivity contribution in [2.45, 2.75) is 59.2 Å². The van der Waals surface area contributed by atoms with Gasteiger partial charge in [0, 0.05) is 34.8 Å². The predicted octanol–water partition coefficient (Wildman–Crippen LogP) is 3.76. The highest BCUT2D eigenvalue weighted by Crippen LogP contribution is 2.42. The molecule has 1 amide bonds. The summed E-state index contributed by atoms with van der Waals surface area (Å²) in [6, 6.07) is 2.29. The molecule has 4 nitrogen and oxygen atoms in total. The molecule has 1 fully saturated rings. The summed E-state index contributed by atoms with van der Waals surface area (Å²) < 4.78 is 8.64. The summed E-state index contributed by atoms with van der Waals surface area (Å²) in [7, 11) is 0. The summed E-state index contributed by atoms with van der Waals surface area (Å²) in [5.74, 6) is -0.0116. The molecule has 1 aliphatic rings. The summed E-state index contributed by atoms with van der Waals surface area (Å²) >= 11 is 3.45. The first-order chi connectivity index (χ1) is 9.77. The average molecular weight is 357 g/mol. The summed E-state index contributed by atoms with van der Waals surface area (Å²) in [4.78, 5) is 12.5. The number of aromatic nitrogens is 1. The maximum absolute atomic E-state index is 12.5. The summed E-state index contributed by atoms with van der Waals surface area (Å²) in [5.41, 5.74) is 0.686. The van der Waals surface area contributed by atoms with Crippen LogP contribution in [0.25, 0.3) is 0 Å². The van der Waals surface area contributed by atoms with Crippen molar-refractivity contribution in [3.05, 3.63) is 22.4 Å². The van der Waals surface area contributed by atoms with Crippen LogP contribution in [0, 0.1) is 5.41 Å². The van der Waals surface area contributed by atoms with Crippen LogP contribution in [0.1, 0.15) is 57.6 Å². The number of hydrogen-bond donors (Lipinski definition) is 1. The van der Waals surface area contributed by atoms with Gasteiger partial charge in [0.15, 0.2) is 0 Å². The van der Waals surface area contributed by atoms with E-state index in [1.807, 2.05) is 23.8 Å². The molecule has 0 aromatic carbocycles. The number of carbonyl (C=O) groups excluding carboxylic acids is 1. The minimum Gasteiger partial charge on any atom is -0.378 e. The highest BCUT2D eigenvalue weighted by Gasteiger charge is 2.49. The van der Waals surface area contributed by atoms with Gasteiger partial charge < -0.3 is 14.6 Å². The molecule has 2 unspecified atom stereocenters. The molecule has 2 atom stereocenters. The van der Waals surface area contributed by atoms with Gasteiger partial charge in [-0.3, -0.25) is 4.79 Å². The Kier molecular flexibility index (Phi) is 4.83. The monoisotopic (exact) mass is 356 g/mol. The Morgan fingerprint density at radius 1 is 1.57 bits per heavy atom. The third-order valence-electron chi connectivity index (χ3n) is 4.46. The molecule has 0 radical (unpaired) electrons. The molecule has 118 valence electrons. The standard InChI is InChI=1S/C16H25BrN2O2/c1-6-21-14-8-13(16(14,4)5)18-15(20)12-7-11(17)9-19(12)10(2)3/h7,9-10,13-14H,6,8H2,1-5H3,(H,18,20). The van der Waals surface area contributed by atoms with Crippen LogP contribution in [0.4, 0.5) is 0 Å². The third-order valence-corrected chi connectivity index (χ3v) is 4.89. The van der Waals surface area contributed by atoms with E-state index in [0.717, 1.165) is 17.5 Å². The minimum absolute atomic E-state index is 0.0116. The molecule has 1 heterocycles. The van der Waals surface area contributed by atoms with Gasteiger partial charge in [-0.2, -0.15) is 0 Å². The lowest BCUT2D eigenvalue weighted by Crippen LogP contribution is -2.62. The molecule has 5 heteroatoms. The van der Waals surface area contributed by atoms with Crippen LogP contribution in [0.15, 0.2) is 16.7 Å². The molecule has 1 saturated carbocycles. The first-order valence-electron chi connectivity index (χ1n) is 7.57. The molecular formula is C16H25BrN2O2. The Balaban J connectivity index is 2.07. The molecule has 2 rings (SSSR count). The molecule has 1 N–H and O–H groups in total. The second-order valence-corrected chi connectivity index (χ2v) is 7.49. The summed E-state index contributed by atoms with van der Waals surface area (Å²) in [6.45, 7) is 11.2. The minimum atomic E-state index is -0.0157. The highest BCUT2D eigenvalue weighted by atomic mass is 79.9. The van der Waals surface area contributed by atoms with Crippen molar-refractivity contribution in [2.75, 3.05) is 6.61 Å². The van der Waals surface area contributed by atoms with E-state index >= 15 is 0 Å². The maximum atomic E-state index is 12.5. The van der Waals surface area contributed by atoms with Gasteiger partial charge in [0.2, 0.25) is 0 Å².